The van der Waals surface area contributed by atoms with Crippen molar-refractivity contribution in [1.82, 2.24) is 14.8 Å². The van der Waals surface area contributed by atoms with Crippen LogP contribution >= 0.6 is 0 Å². The first kappa shape index (κ1) is 19.1. The number of benzene rings is 1. The van der Waals surface area contributed by atoms with E-state index in [-0.39, 0.29) is 12.1 Å². The minimum Gasteiger partial charge on any atom is -0.497 e. The maximum Gasteiger partial charge on any atom is 0.320 e. The molecular formula is C22H25N5O2. The molecule has 0 unspecified atom stereocenters. The van der Waals surface area contributed by atoms with Gasteiger partial charge in [-0.05, 0) is 29.8 Å². The normalized spacial score (nSPS) is 22.9. The Morgan fingerprint density at radius 2 is 1.93 bits per heavy atom. The Bertz CT molecular complexity index is 937. The molecule has 7 heteroatoms. The van der Waals surface area contributed by atoms with E-state index in [4.69, 9.17) is 10.00 Å². The van der Waals surface area contributed by atoms with E-state index in [1.807, 2.05) is 29.2 Å². The molecular weight excluding hydrogens is 366 g/mol. The lowest BCUT2D eigenvalue weighted by Gasteiger charge is -2.32. The van der Waals surface area contributed by atoms with Crippen LogP contribution in [0.15, 0.2) is 42.5 Å². The van der Waals surface area contributed by atoms with E-state index in [1.165, 1.54) is 0 Å². The minimum absolute atomic E-state index is 0.00459. The summed E-state index contributed by atoms with van der Waals surface area (Å²) in [6.45, 7) is 2.35. The van der Waals surface area contributed by atoms with E-state index in [0.717, 1.165) is 30.2 Å². The van der Waals surface area contributed by atoms with Gasteiger partial charge in [0.05, 0.1) is 13.2 Å². The lowest BCUT2D eigenvalue weighted by molar-refractivity contribution is 0.159. The monoisotopic (exact) mass is 391 g/mol. The smallest absolute Gasteiger partial charge is 0.320 e. The molecule has 0 saturated carbocycles. The molecule has 3 atom stereocenters. The number of ether oxygens (including phenoxy) is 1. The molecule has 2 saturated heterocycles. The number of carbonyl (C=O) groups excluding carboxylic acids is 1. The molecule has 0 N–H and O–H groups in total. The van der Waals surface area contributed by atoms with Crippen LogP contribution in [0.1, 0.15) is 17.3 Å². The Hall–Kier alpha value is -3.27. The fourth-order valence-electron chi connectivity index (χ4n) is 4.58. The van der Waals surface area contributed by atoms with Gasteiger partial charge in [-0.15, -0.1) is 0 Å². The first-order valence-electron chi connectivity index (χ1n) is 9.75. The molecule has 0 spiro atoms. The number of nitriles is 1. The number of nitrogens with zero attached hydrogens (tertiary/aromatic N) is 5. The summed E-state index contributed by atoms with van der Waals surface area (Å²) in [6, 6.07) is 15.7. The van der Waals surface area contributed by atoms with Gasteiger partial charge in [0.2, 0.25) is 0 Å². The van der Waals surface area contributed by atoms with E-state index >= 15 is 0 Å². The van der Waals surface area contributed by atoms with Crippen molar-refractivity contribution in [1.29, 1.82) is 5.26 Å². The van der Waals surface area contributed by atoms with Gasteiger partial charge in [0.15, 0.2) is 0 Å². The largest absolute Gasteiger partial charge is 0.497 e. The first-order valence-corrected chi connectivity index (χ1v) is 9.75. The average molecular weight is 391 g/mol. The highest BCUT2D eigenvalue weighted by atomic mass is 16.5. The molecule has 0 aliphatic carbocycles. The minimum atomic E-state index is 0.00459. The van der Waals surface area contributed by atoms with Crippen molar-refractivity contribution in [3.8, 4) is 11.8 Å². The fraction of sp³-hybridized carbons (Fsp3) is 0.409. The summed E-state index contributed by atoms with van der Waals surface area (Å²) in [5, 5.41) is 9.16. The summed E-state index contributed by atoms with van der Waals surface area (Å²) in [6.07, 6.45) is 0. The average Bonchev–Trinajstić information content (AvgIpc) is 3.31. The second-order valence-electron chi connectivity index (χ2n) is 7.87. The van der Waals surface area contributed by atoms with Crippen molar-refractivity contribution >= 4 is 11.8 Å². The second-order valence-corrected chi connectivity index (χ2v) is 7.87. The molecule has 1 aromatic carbocycles. The lowest BCUT2D eigenvalue weighted by Crippen LogP contribution is -2.41. The van der Waals surface area contributed by atoms with E-state index in [2.05, 4.69) is 28.1 Å². The highest BCUT2D eigenvalue weighted by Gasteiger charge is 2.49. The molecule has 0 radical (unpaired) electrons. The molecule has 0 bridgehead atoms. The zero-order chi connectivity index (χ0) is 20.5. The summed E-state index contributed by atoms with van der Waals surface area (Å²) < 4.78 is 5.30. The third kappa shape index (κ3) is 3.46. The van der Waals surface area contributed by atoms with E-state index < -0.39 is 0 Å². The van der Waals surface area contributed by atoms with Crippen molar-refractivity contribution in [2.75, 3.05) is 45.7 Å². The van der Waals surface area contributed by atoms with E-state index in [1.54, 1.807) is 32.2 Å². The SMILES string of the molecule is COc1ccc([C@H]2[C@@H]3CN(c4cccc(C#N)n4)C[C@@H]3CN2C(=O)N(C)C)cc1. The summed E-state index contributed by atoms with van der Waals surface area (Å²) in [4.78, 5) is 23.2. The highest BCUT2D eigenvalue weighted by molar-refractivity contribution is 5.75. The van der Waals surface area contributed by atoms with Crippen LogP contribution in [0.3, 0.4) is 0 Å². The molecule has 4 rings (SSSR count). The molecule has 150 valence electrons. The summed E-state index contributed by atoms with van der Waals surface area (Å²) in [5.41, 5.74) is 1.55. The Kier molecular flexibility index (Phi) is 5.01. The van der Waals surface area contributed by atoms with Gasteiger partial charge in [0, 0.05) is 45.6 Å². The standard InChI is InChI=1S/C22H25N5O2/c1-25(2)22(28)27-13-16-12-26(20-6-4-5-17(11-23)24-20)14-19(16)21(27)15-7-9-18(29-3)10-8-15/h4-10,16,19,21H,12-14H2,1-3H3/t16-,19-,21+/m1/s1. The number of methoxy groups -OCH3 is 1. The topological polar surface area (TPSA) is 72.7 Å². The number of hydrogen-bond acceptors (Lipinski definition) is 5. The lowest BCUT2D eigenvalue weighted by atomic mass is 9.89. The molecule has 2 aliphatic rings. The van der Waals surface area contributed by atoms with Crippen LogP contribution < -0.4 is 9.64 Å². The van der Waals surface area contributed by atoms with Crippen LogP contribution in [0.5, 0.6) is 5.75 Å². The number of aromatic nitrogens is 1. The molecule has 3 heterocycles. The number of rotatable bonds is 3. The molecule has 2 fully saturated rings. The third-order valence-corrected chi connectivity index (χ3v) is 5.92. The van der Waals surface area contributed by atoms with Crippen LogP contribution in [0.25, 0.3) is 0 Å². The van der Waals surface area contributed by atoms with Crippen molar-refractivity contribution in [2.45, 2.75) is 6.04 Å². The zero-order valence-corrected chi connectivity index (χ0v) is 16.9. The maximum atomic E-state index is 12.9. The zero-order valence-electron chi connectivity index (χ0n) is 16.9. The quantitative estimate of drug-likeness (QED) is 0.804. The van der Waals surface area contributed by atoms with Gasteiger partial charge < -0.3 is 19.4 Å². The molecule has 1 aromatic heterocycles. The van der Waals surface area contributed by atoms with Crippen molar-refractivity contribution in [3.05, 3.63) is 53.7 Å². The van der Waals surface area contributed by atoms with Gasteiger partial charge in [0.1, 0.15) is 23.3 Å². The molecule has 7 nitrogen and oxygen atoms in total. The van der Waals surface area contributed by atoms with Crippen LogP contribution in [0.2, 0.25) is 0 Å². The first-order chi connectivity index (χ1) is 14.0. The third-order valence-electron chi connectivity index (χ3n) is 5.92. The predicted octanol–water partition coefficient (Wildman–Crippen LogP) is 2.75. The highest BCUT2D eigenvalue weighted by Crippen LogP contribution is 2.46. The van der Waals surface area contributed by atoms with Gasteiger partial charge in [-0.25, -0.2) is 9.78 Å². The summed E-state index contributed by atoms with van der Waals surface area (Å²) in [7, 11) is 5.25. The van der Waals surface area contributed by atoms with Crippen molar-refractivity contribution in [2.24, 2.45) is 11.8 Å². The van der Waals surface area contributed by atoms with E-state index in [9.17, 15) is 4.79 Å². The number of anilines is 1. The Morgan fingerprint density at radius 3 is 2.59 bits per heavy atom. The predicted molar refractivity (Wildman–Crippen MR) is 110 cm³/mol. The van der Waals surface area contributed by atoms with Crippen LogP contribution in [-0.4, -0.2) is 61.7 Å². The summed E-state index contributed by atoms with van der Waals surface area (Å²) >= 11 is 0. The number of fused-ring (bicyclic) bond motifs is 1. The van der Waals surface area contributed by atoms with Gasteiger partial charge in [-0.1, -0.05) is 18.2 Å². The number of carbonyl (C=O) groups is 1. The van der Waals surface area contributed by atoms with Crippen molar-refractivity contribution < 1.29 is 9.53 Å². The number of urea groups is 1. The summed E-state index contributed by atoms with van der Waals surface area (Å²) in [5.74, 6) is 2.30. The Morgan fingerprint density at radius 1 is 1.17 bits per heavy atom. The second kappa shape index (κ2) is 7.63. The number of pyridine rings is 1. The van der Waals surface area contributed by atoms with Crippen LogP contribution in [-0.2, 0) is 0 Å². The molecule has 29 heavy (non-hydrogen) atoms. The Labute approximate surface area is 171 Å². The van der Waals surface area contributed by atoms with Gasteiger partial charge in [-0.2, -0.15) is 5.26 Å². The van der Waals surface area contributed by atoms with Crippen LogP contribution in [0, 0.1) is 23.2 Å². The van der Waals surface area contributed by atoms with E-state index in [0.29, 0.717) is 24.1 Å². The van der Waals surface area contributed by atoms with Gasteiger partial charge in [0.25, 0.3) is 0 Å². The number of hydrogen-bond donors (Lipinski definition) is 0. The van der Waals surface area contributed by atoms with Gasteiger partial charge in [-0.3, -0.25) is 0 Å². The van der Waals surface area contributed by atoms with Gasteiger partial charge >= 0.3 is 6.03 Å². The molecule has 2 amide bonds. The number of amides is 2. The number of likely N-dealkylation sites (tertiary alicyclic amines) is 1. The molecule has 2 aliphatic heterocycles. The fourth-order valence-corrected chi connectivity index (χ4v) is 4.58. The Balaban J connectivity index is 1.63. The maximum absolute atomic E-state index is 12.9. The van der Waals surface area contributed by atoms with Crippen molar-refractivity contribution in [3.63, 3.8) is 0 Å². The molecule has 2 aromatic rings. The van der Waals surface area contributed by atoms with Crippen LogP contribution in [0.4, 0.5) is 10.6 Å².